The molecule has 0 aromatic carbocycles. The van der Waals surface area contributed by atoms with E-state index in [2.05, 4.69) is 5.10 Å². The van der Waals surface area contributed by atoms with Gasteiger partial charge in [-0.3, -0.25) is 14.4 Å². The number of hydrogen-bond acceptors (Lipinski definition) is 4. The Morgan fingerprint density at radius 3 is 2.55 bits per heavy atom. The monoisotopic (exact) mass is 270 g/mol. The fourth-order valence-electron chi connectivity index (χ4n) is 2.64. The van der Waals surface area contributed by atoms with Crippen molar-refractivity contribution >= 4 is 22.9 Å². The van der Waals surface area contributed by atoms with Crippen LogP contribution < -0.4 is 0 Å². The first kappa shape index (κ1) is 12.7. The predicted molar refractivity (Wildman–Crippen MR) is 71.5 cm³/mol. The van der Waals surface area contributed by atoms with Crippen molar-refractivity contribution in [1.29, 1.82) is 0 Å². The molecule has 102 valence electrons. The fraction of sp³-hybridized carbons (Fsp3) is 0.333. The molecule has 5 heteroatoms. The van der Waals surface area contributed by atoms with Crippen molar-refractivity contribution in [2.24, 2.45) is 5.92 Å². The molecule has 0 aliphatic heterocycles. The minimum absolute atomic E-state index is 0.257. The Labute approximate surface area is 115 Å². The van der Waals surface area contributed by atoms with E-state index in [9.17, 15) is 14.4 Å². The number of carbonyl (C=O) groups excluding carboxylic acids is 3. The summed E-state index contributed by atoms with van der Waals surface area (Å²) in [5.41, 5.74) is 0.974. The van der Waals surface area contributed by atoms with Crippen molar-refractivity contribution in [3.05, 3.63) is 36.2 Å². The summed E-state index contributed by atoms with van der Waals surface area (Å²) in [6.07, 6.45) is 5.14. The van der Waals surface area contributed by atoms with E-state index < -0.39 is 11.7 Å². The first-order valence-electron chi connectivity index (χ1n) is 6.70. The number of aromatic nitrogens is 2. The van der Waals surface area contributed by atoms with Crippen LogP contribution in [0.5, 0.6) is 0 Å². The summed E-state index contributed by atoms with van der Waals surface area (Å²) in [6.45, 7) is 0. The van der Waals surface area contributed by atoms with Crippen LogP contribution in [-0.4, -0.2) is 27.0 Å². The zero-order valence-electron chi connectivity index (χ0n) is 10.9. The second-order valence-corrected chi connectivity index (χ2v) is 5.03. The Bertz CT molecular complexity index is 684. The molecule has 20 heavy (non-hydrogen) atoms. The molecule has 3 rings (SSSR count). The van der Waals surface area contributed by atoms with Gasteiger partial charge in [-0.05, 0) is 25.0 Å². The number of fused-ring (bicyclic) bond motifs is 1. The van der Waals surface area contributed by atoms with Gasteiger partial charge in [0, 0.05) is 19.0 Å². The molecule has 0 N–H and O–H groups in total. The normalized spacial score (nSPS) is 17.4. The van der Waals surface area contributed by atoms with Gasteiger partial charge >= 0.3 is 0 Å². The first-order chi connectivity index (χ1) is 9.68. The summed E-state index contributed by atoms with van der Waals surface area (Å²) in [5.74, 6) is -2.06. The number of ketones is 3. The Kier molecular flexibility index (Phi) is 3.18. The molecule has 1 aliphatic carbocycles. The van der Waals surface area contributed by atoms with Crippen molar-refractivity contribution in [3.63, 3.8) is 0 Å². The zero-order valence-corrected chi connectivity index (χ0v) is 10.9. The highest BCUT2D eigenvalue weighted by atomic mass is 16.2. The molecule has 1 saturated carbocycles. The van der Waals surface area contributed by atoms with Crippen LogP contribution in [0.4, 0.5) is 0 Å². The van der Waals surface area contributed by atoms with Crippen LogP contribution in [-0.2, 0) is 9.59 Å². The van der Waals surface area contributed by atoms with Crippen molar-refractivity contribution < 1.29 is 14.4 Å². The summed E-state index contributed by atoms with van der Waals surface area (Å²) in [5, 5.41) is 4.08. The van der Waals surface area contributed by atoms with Gasteiger partial charge in [-0.1, -0.05) is 6.07 Å². The molecule has 0 spiro atoms. The quantitative estimate of drug-likeness (QED) is 0.474. The topological polar surface area (TPSA) is 68.5 Å². The van der Waals surface area contributed by atoms with Crippen LogP contribution in [0.2, 0.25) is 0 Å². The second kappa shape index (κ2) is 5.00. The van der Waals surface area contributed by atoms with E-state index in [0.29, 0.717) is 36.8 Å². The maximum Gasteiger partial charge on any atom is 0.184 e. The lowest BCUT2D eigenvalue weighted by Gasteiger charge is -2.09. The van der Waals surface area contributed by atoms with Crippen molar-refractivity contribution in [2.45, 2.75) is 25.7 Å². The largest absolute Gasteiger partial charge is 0.298 e. The smallest absolute Gasteiger partial charge is 0.184 e. The molecular weight excluding hydrogens is 256 g/mol. The maximum absolute atomic E-state index is 12.6. The van der Waals surface area contributed by atoms with E-state index in [1.807, 2.05) is 0 Å². The van der Waals surface area contributed by atoms with Gasteiger partial charge in [0.15, 0.2) is 17.3 Å². The number of carbonyl (C=O) groups is 3. The lowest BCUT2D eigenvalue weighted by atomic mass is 9.89. The molecule has 0 bridgehead atoms. The Balaban J connectivity index is 2.02. The molecule has 1 fully saturated rings. The Morgan fingerprint density at radius 1 is 1.15 bits per heavy atom. The maximum atomic E-state index is 12.6. The van der Waals surface area contributed by atoms with Gasteiger partial charge < -0.3 is 0 Å². The molecule has 0 radical (unpaired) electrons. The average Bonchev–Trinajstić information content (AvgIpc) is 2.80. The summed E-state index contributed by atoms with van der Waals surface area (Å²) >= 11 is 0. The van der Waals surface area contributed by atoms with Gasteiger partial charge in [0.25, 0.3) is 0 Å². The molecule has 0 saturated heterocycles. The van der Waals surface area contributed by atoms with Gasteiger partial charge in [0.1, 0.15) is 5.92 Å². The van der Waals surface area contributed by atoms with E-state index in [0.717, 1.165) is 0 Å². The molecule has 0 unspecified atom stereocenters. The Hall–Kier alpha value is -2.30. The summed E-state index contributed by atoms with van der Waals surface area (Å²) in [4.78, 5) is 36.6. The van der Waals surface area contributed by atoms with Gasteiger partial charge in [-0.2, -0.15) is 5.10 Å². The average molecular weight is 270 g/mol. The van der Waals surface area contributed by atoms with Crippen LogP contribution >= 0.6 is 0 Å². The molecule has 2 aromatic heterocycles. The highest BCUT2D eigenvalue weighted by Gasteiger charge is 2.36. The molecule has 0 atom stereocenters. The SMILES string of the molecule is O=C1CCCCC(=O)C1C(=O)c1cnn2ccccc12. The van der Waals surface area contributed by atoms with Gasteiger partial charge in [0.05, 0.1) is 17.3 Å². The van der Waals surface area contributed by atoms with Gasteiger partial charge in [-0.25, -0.2) is 4.52 Å². The van der Waals surface area contributed by atoms with E-state index >= 15 is 0 Å². The molecule has 1 aliphatic rings. The van der Waals surface area contributed by atoms with E-state index in [-0.39, 0.29) is 11.6 Å². The van der Waals surface area contributed by atoms with E-state index in [1.54, 1.807) is 28.9 Å². The first-order valence-corrected chi connectivity index (χ1v) is 6.70. The number of nitrogens with zero attached hydrogens (tertiary/aromatic N) is 2. The molecule has 5 nitrogen and oxygen atoms in total. The molecule has 2 heterocycles. The highest BCUT2D eigenvalue weighted by molar-refractivity contribution is 6.25. The summed E-state index contributed by atoms with van der Waals surface area (Å²) < 4.78 is 1.57. The molecule has 0 amide bonds. The third-order valence-corrected chi connectivity index (χ3v) is 3.69. The molecular formula is C15H14N2O3. The number of rotatable bonds is 2. The Morgan fingerprint density at radius 2 is 1.85 bits per heavy atom. The van der Waals surface area contributed by atoms with E-state index in [1.165, 1.54) is 6.20 Å². The van der Waals surface area contributed by atoms with Crippen LogP contribution in [0, 0.1) is 5.92 Å². The highest BCUT2D eigenvalue weighted by Crippen LogP contribution is 2.23. The lowest BCUT2D eigenvalue weighted by molar-refractivity contribution is -0.129. The summed E-state index contributed by atoms with van der Waals surface area (Å²) in [7, 11) is 0. The van der Waals surface area contributed by atoms with E-state index in [4.69, 9.17) is 0 Å². The lowest BCUT2D eigenvalue weighted by Crippen LogP contribution is -2.30. The number of Topliss-reactive ketones (excluding diaryl/α,β-unsaturated/α-hetero) is 3. The third kappa shape index (κ3) is 2.05. The second-order valence-electron chi connectivity index (χ2n) is 5.03. The zero-order chi connectivity index (χ0) is 14.1. The third-order valence-electron chi connectivity index (χ3n) is 3.69. The fourth-order valence-corrected chi connectivity index (χ4v) is 2.64. The minimum atomic E-state index is -1.13. The number of pyridine rings is 1. The minimum Gasteiger partial charge on any atom is -0.298 e. The standard InChI is InChI=1S/C15H14N2O3/c18-12-6-1-2-7-13(19)14(12)15(20)10-9-16-17-8-4-3-5-11(10)17/h3-5,8-9,14H,1-2,6-7H2. The van der Waals surface area contributed by atoms with Crippen molar-refractivity contribution in [2.75, 3.05) is 0 Å². The van der Waals surface area contributed by atoms with Gasteiger partial charge in [-0.15, -0.1) is 0 Å². The van der Waals surface area contributed by atoms with Crippen LogP contribution in [0.1, 0.15) is 36.0 Å². The van der Waals surface area contributed by atoms with Crippen LogP contribution in [0.25, 0.3) is 5.52 Å². The van der Waals surface area contributed by atoms with Gasteiger partial charge in [0.2, 0.25) is 0 Å². The van der Waals surface area contributed by atoms with Crippen LogP contribution in [0.15, 0.2) is 30.6 Å². The van der Waals surface area contributed by atoms with Crippen molar-refractivity contribution in [1.82, 2.24) is 9.61 Å². The molecule has 2 aromatic rings. The van der Waals surface area contributed by atoms with Crippen LogP contribution in [0.3, 0.4) is 0 Å². The van der Waals surface area contributed by atoms with Crippen molar-refractivity contribution in [3.8, 4) is 0 Å². The number of hydrogen-bond donors (Lipinski definition) is 0. The summed E-state index contributed by atoms with van der Waals surface area (Å²) in [6, 6.07) is 5.35. The predicted octanol–water partition coefficient (Wildman–Crippen LogP) is 1.85.